The van der Waals surface area contributed by atoms with E-state index >= 15 is 0 Å². The third-order valence-corrected chi connectivity index (χ3v) is 9.04. The third-order valence-electron chi connectivity index (χ3n) is 9.04. The molecule has 2 aromatic heterocycles. The van der Waals surface area contributed by atoms with Gasteiger partial charge in [-0.25, -0.2) is 14.6 Å². The highest BCUT2D eigenvalue weighted by Gasteiger charge is 2.75. The van der Waals surface area contributed by atoms with Crippen LogP contribution in [-0.4, -0.2) is 50.7 Å². The van der Waals surface area contributed by atoms with Crippen LogP contribution in [0.3, 0.4) is 0 Å². The van der Waals surface area contributed by atoms with Gasteiger partial charge in [0.05, 0.1) is 28.8 Å². The molecular weight excluding hydrogens is 440 g/mol. The fraction of sp³-hybridized carbons (Fsp3) is 0.556. The minimum atomic E-state index is -0.714. The number of benzene rings is 1. The molecule has 182 valence electrons. The van der Waals surface area contributed by atoms with Gasteiger partial charge in [0.25, 0.3) is 0 Å². The van der Waals surface area contributed by atoms with Crippen molar-refractivity contribution in [3.8, 4) is 11.9 Å². The highest BCUT2D eigenvalue weighted by Crippen LogP contribution is 2.78. The minimum absolute atomic E-state index is 0.0964. The van der Waals surface area contributed by atoms with Gasteiger partial charge in [-0.05, 0) is 43.2 Å². The van der Waals surface area contributed by atoms with Crippen LogP contribution < -0.4 is 4.90 Å². The van der Waals surface area contributed by atoms with Crippen molar-refractivity contribution in [1.29, 1.82) is 5.26 Å². The number of ether oxygens (including phenoxy) is 1. The molecule has 1 N–H and O–H groups in total. The van der Waals surface area contributed by atoms with Crippen molar-refractivity contribution in [1.82, 2.24) is 19.7 Å². The van der Waals surface area contributed by atoms with Gasteiger partial charge in [0.15, 0.2) is 11.6 Å². The monoisotopic (exact) mass is 472 g/mol. The predicted octanol–water partition coefficient (Wildman–Crippen LogP) is 3.75. The molecule has 8 nitrogen and oxygen atoms in total. The molecule has 1 spiro atoms. The molecule has 2 aliphatic carbocycles. The van der Waals surface area contributed by atoms with Crippen molar-refractivity contribution in [3.63, 3.8) is 0 Å². The average Bonchev–Trinajstić information content (AvgIpc) is 3.71. The van der Waals surface area contributed by atoms with Gasteiger partial charge in [0.2, 0.25) is 0 Å². The average molecular weight is 473 g/mol. The first-order valence-electron chi connectivity index (χ1n) is 12.5. The first-order valence-corrected chi connectivity index (χ1v) is 12.5. The van der Waals surface area contributed by atoms with E-state index in [-0.39, 0.29) is 22.7 Å². The summed E-state index contributed by atoms with van der Waals surface area (Å²) in [5.41, 5.74) is 1.16. The number of rotatable bonds is 5. The summed E-state index contributed by atoms with van der Waals surface area (Å²) in [5.74, 6) is 2.27. The van der Waals surface area contributed by atoms with Gasteiger partial charge in [-0.3, -0.25) is 0 Å². The maximum absolute atomic E-state index is 10.9. The van der Waals surface area contributed by atoms with Crippen molar-refractivity contribution in [2.75, 3.05) is 25.1 Å². The first-order chi connectivity index (χ1) is 16.7. The van der Waals surface area contributed by atoms with Crippen molar-refractivity contribution < 1.29 is 9.84 Å². The summed E-state index contributed by atoms with van der Waals surface area (Å²) in [6.07, 6.45) is 5.10. The van der Waals surface area contributed by atoms with Gasteiger partial charge in [-0.2, -0.15) is 10.4 Å². The largest absolute Gasteiger partial charge is 0.389 e. The van der Waals surface area contributed by atoms with Gasteiger partial charge in [0, 0.05) is 43.5 Å². The maximum Gasteiger partial charge on any atom is 0.159 e. The van der Waals surface area contributed by atoms with Crippen LogP contribution in [0.1, 0.15) is 51.4 Å². The second-order valence-electron chi connectivity index (χ2n) is 11.2. The Labute approximate surface area is 205 Å². The maximum atomic E-state index is 10.9. The number of fused-ring (bicyclic) bond motifs is 1. The molecule has 6 rings (SSSR count). The minimum Gasteiger partial charge on any atom is -0.389 e. The number of methoxy groups -OCH3 is 1. The molecule has 1 unspecified atom stereocenters. The summed E-state index contributed by atoms with van der Waals surface area (Å²) in [7, 11) is 1.64. The Morgan fingerprint density at radius 1 is 1.14 bits per heavy atom. The number of nitrogens with zero attached hydrogens (tertiary/aromatic N) is 6. The van der Waals surface area contributed by atoms with E-state index < -0.39 is 5.60 Å². The molecule has 1 aromatic carbocycles. The van der Waals surface area contributed by atoms with Crippen molar-refractivity contribution >= 4 is 16.7 Å². The Kier molecular flexibility index (Phi) is 4.80. The summed E-state index contributed by atoms with van der Waals surface area (Å²) in [6, 6.07) is 10.9. The van der Waals surface area contributed by atoms with E-state index in [1.54, 1.807) is 7.11 Å². The van der Waals surface area contributed by atoms with E-state index in [9.17, 15) is 10.4 Å². The number of aromatic nitrogens is 4. The number of piperidine rings is 1. The van der Waals surface area contributed by atoms with E-state index in [0.717, 1.165) is 41.5 Å². The lowest BCUT2D eigenvalue weighted by molar-refractivity contribution is -0.0504. The number of hydrogen-bond acceptors (Lipinski definition) is 7. The van der Waals surface area contributed by atoms with E-state index in [4.69, 9.17) is 14.7 Å². The van der Waals surface area contributed by atoms with E-state index in [1.807, 2.05) is 23.9 Å². The SMILES string of the molecule is COCc1nc(N2C[C@@H](C)C(C)(O)[C@@H](C)C2)cc(-n2ncc3ccc([C@]4(C#N)CC45CC5)cc32)n1. The second-order valence-corrected chi connectivity index (χ2v) is 11.2. The Morgan fingerprint density at radius 3 is 2.49 bits per heavy atom. The van der Waals surface area contributed by atoms with Crippen LogP contribution >= 0.6 is 0 Å². The smallest absolute Gasteiger partial charge is 0.159 e. The summed E-state index contributed by atoms with van der Waals surface area (Å²) in [4.78, 5) is 11.8. The molecule has 3 aliphatic rings. The lowest BCUT2D eigenvalue weighted by Gasteiger charge is -2.46. The van der Waals surface area contributed by atoms with Crippen LogP contribution in [-0.2, 0) is 16.8 Å². The lowest BCUT2D eigenvalue weighted by atomic mass is 9.76. The van der Waals surface area contributed by atoms with Crippen LogP contribution in [0.2, 0.25) is 0 Å². The molecule has 0 amide bonds. The summed E-state index contributed by atoms with van der Waals surface area (Å²) in [6.45, 7) is 7.79. The van der Waals surface area contributed by atoms with Gasteiger partial charge >= 0.3 is 0 Å². The zero-order valence-corrected chi connectivity index (χ0v) is 20.8. The Balaban J connectivity index is 1.42. The Hall–Kier alpha value is -3.02. The second kappa shape index (κ2) is 7.49. The topological polar surface area (TPSA) is 100 Å². The molecule has 3 heterocycles. The molecule has 4 atom stereocenters. The Bertz CT molecular complexity index is 1340. The molecule has 1 aliphatic heterocycles. The number of anilines is 1. The standard InChI is InChI=1S/C27H32N6O2/c1-17-12-32(13-18(2)25(17,3)34)23-10-24(31-22(30-23)14-35-4)33-21-9-20(6-5-19(21)11-29-33)27(16-28)15-26(27)7-8-26/h5-6,9-11,17-18,34H,7-8,12-15H2,1-4H3/t17-,18+,25?,27-/m1/s1. The van der Waals surface area contributed by atoms with Gasteiger partial charge < -0.3 is 14.7 Å². The fourth-order valence-electron chi connectivity index (χ4n) is 6.03. The van der Waals surface area contributed by atoms with Crippen LogP contribution in [0.15, 0.2) is 30.5 Å². The van der Waals surface area contributed by atoms with Crippen molar-refractivity contribution in [2.24, 2.45) is 17.3 Å². The predicted molar refractivity (Wildman–Crippen MR) is 132 cm³/mol. The molecule has 0 radical (unpaired) electrons. The molecule has 35 heavy (non-hydrogen) atoms. The van der Waals surface area contributed by atoms with Crippen LogP contribution in [0.25, 0.3) is 16.7 Å². The number of hydrogen-bond donors (Lipinski definition) is 1. The van der Waals surface area contributed by atoms with E-state index in [1.165, 1.54) is 0 Å². The number of aliphatic hydroxyl groups is 1. The highest BCUT2D eigenvalue weighted by molar-refractivity contribution is 5.82. The van der Waals surface area contributed by atoms with Gasteiger partial charge in [-0.15, -0.1) is 0 Å². The molecule has 3 aromatic rings. The van der Waals surface area contributed by atoms with Gasteiger partial charge in [-0.1, -0.05) is 26.0 Å². The lowest BCUT2D eigenvalue weighted by Crippen LogP contribution is -2.55. The zero-order chi connectivity index (χ0) is 24.6. The van der Waals surface area contributed by atoms with Crippen LogP contribution in [0.5, 0.6) is 0 Å². The summed E-state index contributed by atoms with van der Waals surface area (Å²) >= 11 is 0. The van der Waals surface area contributed by atoms with Crippen molar-refractivity contribution in [3.05, 3.63) is 41.9 Å². The summed E-state index contributed by atoms with van der Waals surface area (Å²) in [5, 5.41) is 26.6. The normalized spacial score (nSPS) is 31.0. The molecular formula is C27H32N6O2. The fourth-order valence-corrected chi connectivity index (χ4v) is 6.03. The quantitative estimate of drug-likeness (QED) is 0.604. The molecule has 3 fully saturated rings. The Morgan fingerprint density at radius 2 is 1.86 bits per heavy atom. The molecule has 8 heteroatoms. The van der Waals surface area contributed by atoms with Gasteiger partial charge in [0.1, 0.15) is 12.4 Å². The molecule has 2 saturated carbocycles. The first kappa shape index (κ1) is 22.4. The van der Waals surface area contributed by atoms with E-state index in [0.29, 0.717) is 31.3 Å². The highest BCUT2D eigenvalue weighted by atomic mass is 16.5. The van der Waals surface area contributed by atoms with Crippen LogP contribution in [0, 0.1) is 28.6 Å². The summed E-state index contributed by atoms with van der Waals surface area (Å²) < 4.78 is 7.22. The molecule has 0 bridgehead atoms. The molecule has 1 saturated heterocycles. The number of nitriles is 1. The van der Waals surface area contributed by atoms with E-state index in [2.05, 4.69) is 48.1 Å². The third kappa shape index (κ3) is 3.29. The zero-order valence-electron chi connectivity index (χ0n) is 20.8. The van der Waals surface area contributed by atoms with Crippen LogP contribution in [0.4, 0.5) is 5.82 Å². The van der Waals surface area contributed by atoms with Crippen molar-refractivity contribution in [2.45, 2.75) is 57.7 Å².